The lowest BCUT2D eigenvalue weighted by atomic mass is 9.33. The van der Waals surface area contributed by atoms with Crippen molar-refractivity contribution >= 4 is 5.78 Å². The number of allylic oxidation sites excluding steroid dienone is 2. The molecule has 0 heterocycles. The number of aliphatic hydroxyl groups is 1. The lowest BCUT2D eigenvalue weighted by molar-refractivity contribution is -0.204. The highest BCUT2D eigenvalue weighted by Crippen LogP contribution is 2.75. The molecule has 2 heteroatoms. The monoisotopic (exact) mass is 530 g/mol. The van der Waals surface area contributed by atoms with Crippen molar-refractivity contribution < 1.29 is 9.90 Å². The number of carbonyl (C=O) groups is 1. The van der Waals surface area contributed by atoms with Crippen molar-refractivity contribution in [3.05, 3.63) is 47.5 Å². The Morgan fingerprint density at radius 3 is 2.31 bits per heavy atom. The summed E-state index contributed by atoms with van der Waals surface area (Å²) in [6.07, 6.45) is 13.3. The van der Waals surface area contributed by atoms with Gasteiger partial charge in [-0.1, -0.05) is 90.4 Å². The zero-order chi connectivity index (χ0) is 28.0. The Bertz CT molecular complexity index is 1150. The smallest absolute Gasteiger partial charge is 0.143 e. The van der Waals surface area contributed by atoms with E-state index in [4.69, 9.17) is 0 Å². The fourth-order valence-electron chi connectivity index (χ4n) is 11.9. The van der Waals surface area contributed by atoms with Crippen molar-refractivity contribution in [3.63, 3.8) is 0 Å². The number of ketones is 1. The van der Waals surface area contributed by atoms with Crippen LogP contribution in [0.1, 0.15) is 112 Å². The van der Waals surface area contributed by atoms with Crippen molar-refractivity contribution in [1.29, 1.82) is 0 Å². The quantitative estimate of drug-likeness (QED) is 0.396. The molecule has 39 heavy (non-hydrogen) atoms. The van der Waals surface area contributed by atoms with Crippen LogP contribution in [0.3, 0.4) is 0 Å². The van der Waals surface area contributed by atoms with Gasteiger partial charge in [-0.15, -0.1) is 0 Å². The van der Waals surface area contributed by atoms with Gasteiger partial charge in [0.05, 0.1) is 6.10 Å². The minimum atomic E-state index is -0.200. The van der Waals surface area contributed by atoms with Crippen LogP contribution in [0.4, 0.5) is 0 Å². The molecule has 0 saturated heterocycles. The van der Waals surface area contributed by atoms with Crippen LogP contribution in [0.25, 0.3) is 0 Å². The van der Waals surface area contributed by atoms with Crippen molar-refractivity contribution in [2.24, 2.45) is 56.7 Å². The SMILES string of the molecule is C[C@H]1[C@H](C)CC[C@]2(C(=O)Cc3ccccc3)CC[C@]3(C)C(=CC[C@@H]4[C@@]5(C)CC[C@H](O)C(C)(C)[C@@H]5CC[C@]43C)[C@H]12. The van der Waals surface area contributed by atoms with Crippen molar-refractivity contribution in [3.8, 4) is 0 Å². The molecule has 2 nitrogen and oxygen atoms in total. The Labute approximate surface area is 238 Å². The van der Waals surface area contributed by atoms with E-state index in [-0.39, 0.29) is 33.2 Å². The summed E-state index contributed by atoms with van der Waals surface area (Å²) in [5.74, 6) is 3.31. The van der Waals surface area contributed by atoms with Gasteiger partial charge in [0, 0.05) is 11.8 Å². The first-order chi connectivity index (χ1) is 18.3. The molecule has 0 spiro atoms. The lowest BCUT2D eigenvalue weighted by Gasteiger charge is -2.71. The lowest BCUT2D eigenvalue weighted by Crippen LogP contribution is -2.65. The maximum absolute atomic E-state index is 14.4. The van der Waals surface area contributed by atoms with E-state index in [1.807, 2.05) is 0 Å². The fraction of sp³-hybridized carbons (Fsp3) is 0.757. The Morgan fingerprint density at radius 2 is 1.59 bits per heavy atom. The third-order valence-electron chi connectivity index (χ3n) is 14.7. The Balaban J connectivity index is 1.41. The van der Waals surface area contributed by atoms with Crippen molar-refractivity contribution in [2.45, 2.75) is 119 Å². The van der Waals surface area contributed by atoms with Gasteiger partial charge in [0.25, 0.3) is 0 Å². The molecular weight excluding hydrogens is 476 g/mol. The van der Waals surface area contributed by atoms with Crippen LogP contribution in [0.15, 0.2) is 42.0 Å². The van der Waals surface area contributed by atoms with Gasteiger partial charge in [-0.2, -0.15) is 0 Å². The summed E-state index contributed by atoms with van der Waals surface area (Å²) in [7, 11) is 0. The third kappa shape index (κ3) is 3.65. The van der Waals surface area contributed by atoms with E-state index < -0.39 is 0 Å². The number of fused-ring (bicyclic) bond motifs is 7. The summed E-state index contributed by atoms with van der Waals surface area (Å²) >= 11 is 0. The number of hydrogen-bond donors (Lipinski definition) is 1. The molecule has 6 rings (SSSR count). The van der Waals surface area contributed by atoms with Gasteiger partial charge >= 0.3 is 0 Å². The zero-order valence-electron chi connectivity index (χ0n) is 25.9. The second-order valence-electron chi connectivity index (χ2n) is 16.3. The number of carbonyl (C=O) groups excluding carboxylic acids is 1. The van der Waals surface area contributed by atoms with Gasteiger partial charge in [0.15, 0.2) is 0 Å². The van der Waals surface area contributed by atoms with E-state index in [0.717, 1.165) is 38.5 Å². The number of benzene rings is 1. The van der Waals surface area contributed by atoms with E-state index in [1.165, 1.54) is 24.8 Å². The molecular formula is C37H54O2. The van der Waals surface area contributed by atoms with Crippen LogP contribution in [0.2, 0.25) is 0 Å². The standard InChI is InChI=1S/C37H54O2/c1-24-15-20-37(31(39)23-26-11-9-8-10-12-26)22-21-35(6)27(32(37)25(24)2)13-14-29-34(5)18-17-30(38)33(3,4)28(34)16-19-36(29,35)7/h8-13,24-25,28-30,32,38H,14-23H2,1-7H3/t24-,25+,28+,29-,30+,32+,34+,35-,36-,37-/m1/s1. The predicted molar refractivity (Wildman–Crippen MR) is 160 cm³/mol. The van der Waals surface area contributed by atoms with Crippen molar-refractivity contribution in [2.75, 3.05) is 0 Å². The number of rotatable bonds is 3. The van der Waals surface area contributed by atoms with Gasteiger partial charge in [-0.3, -0.25) is 4.79 Å². The summed E-state index contributed by atoms with van der Waals surface area (Å²) < 4.78 is 0. The first-order valence-corrected chi connectivity index (χ1v) is 16.3. The van der Waals surface area contributed by atoms with E-state index in [0.29, 0.717) is 41.8 Å². The molecule has 1 aromatic carbocycles. The first-order valence-electron chi connectivity index (χ1n) is 16.3. The second kappa shape index (κ2) is 9.04. The topological polar surface area (TPSA) is 37.3 Å². The number of Topliss-reactive ketones (excluding diaryl/α,β-unsaturated/α-hetero) is 1. The molecule has 0 unspecified atom stereocenters. The van der Waals surface area contributed by atoms with E-state index in [1.54, 1.807) is 5.57 Å². The normalized spacial score (nSPS) is 48.6. The van der Waals surface area contributed by atoms with Gasteiger partial charge in [0.2, 0.25) is 0 Å². The number of hydrogen-bond acceptors (Lipinski definition) is 2. The molecule has 1 aromatic rings. The average molecular weight is 531 g/mol. The summed E-state index contributed by atoms with van der Waals surface area (Å²) in [5, 5.41) is 11.0. The molecule has 0 amide bonds. The summed E-state index contributed by atoms with van der Waals surface area (Å²) in [6, 6.07) is 10.5. The molecule has 1 N–H and O–H groups in total. The Hall–Kier alpha value is -1.41. The second-order valence-corrected chi connectivity index (χ2v) is 16.3. The maximum Gasteiger partial charge on any atom is 0.143 e. The van der Waals surface area contributed by atoms with Crippen LogP contribution in [0.5, 0.6) is 0 Å². The summed E-state index contributed by atoms with van der Waals surface area (Å²) in [6.45, 7) is 17.5. The molecule has 4 saturated carbocycles. The minimum absolute atomic E-state index is 0.0158. The number of aliphatic hydroxyl groups excluding tert-OH is 1. The Morgan fingerprint density at radius 1 is 0.872 bits per heavy atom. The van der Waals surface area contributed by atoms with Gasteiger partial charge in [0.1, 0.15) is 5.78 Å². The van der Waals surface area contributed by atoms with E-state index >= 15 is 0 Å². The molecule has 0 aromatic heterocycles. The largest absolute Gasteiger partial charge is 0.393 e. The molecule has 4 fully saturated rings. The van der Waals surface area contributed by atoms with Crippen LogP contribution in [-0.4, -0.2) is 17.0 Å². The summed E-state index contributed by atoms with van der Waals surface area (Å²) in [5.41, 5.74) is 3.29. The van der Waals surface area contributed by atoms with Gasteiger partial charge in [-0.05, 0) is 115 Å². The van der Waals surface area contributed by atoms with Crippen LogP contribution in [0, 0.1) is 56.7 Å². The molecule has 10 atom stereocenters. The Kier molecular flexibility index (Phi) is 6.43. The minimum Gasteiger partial charge on any atom is -0.393 e. The van der Waals surface area contributed by atoms with Gasteiger partial charge < -0.3 is 5.11 Å². The molecule has 0 bridgehead atoms. The molecule has 0 aliphatic heterocycles. The summed E-state index contributed by atoms with van der Waals surface area (Å²) in [4.78, 5) is 14.4. The first kappa shape index (κ1) is 27.7. The van der Waals surface area contributed by atoms with Gasteiger partial charge in [-0.25, -0.2) is 0 Å². The highest BCUT2D eigenvalue weighted by atomic mass is 16.3. The fourth-order valence-corrected chi connectivity index (χ4v) is 11.9. The zero-order valence-corrected chi connectivity index (χ0v) is 25.9. The molecule has 214 valence electrons. The molecule has 0 radical (unpaired) electrons. The maximum atomic E-state index is 14.4. The van der Waals surface area contributed by atoms with Crippen LogP contribution < -0.4 is 0 Å². The molecule has 5 aliphatic rings. The average Bonchev–Trinajstić information content (AvgIpc) is 2.89. The van der Waals surface area contributed by atoms with E-state index in [9.17, 15) is 9.90 Å². The van der Waals surface area contributed by atoms with E-state index in [2.05, 4.69) is 84.9 Å². The van der Waals surface area contributed by atoms with Crippen LogP contribution >= 0.6 is 0 Å². The third-order valence-corrected chi connectivity index (χ3v) is 14.7. The highest BCUT2D eigenvalue weighted by Gasteiger charge is 2.69. The highest BCUT2D eigenvalue weighted by molar-refractivity contribution is 5.88. The van der Waals surface area contributed by atoms with Crippen LogP contribution in [-0.2, 0) is 11.2 Å². The predicted octanol–water partition coefficient (Wildman–Crippen LogP) is 8.82. The van der Waals surface area contributed by atoms with Crippen molar-refractivity contribution in [1.82, 2.24) is 0 Å². The molecule has 5 aliphatic carbocycles.